The Morgan fingerprint density at radius 3 is 2.83 bits per heavy atom. The Morgan fingerprint density at radius 2 is 1.92 bits per heavy atom. The van der Waals surface area contributed by atoms with E-state index in [-0.39, 0.29) is 12.7 Å². The highest BCUT2D eigenvalue weighted by Gasteiger charge is 2.19. The van der Waals surface area contributed by atoms with Gasteiger partial charge in [0.15, 0.2) is 17.6 Å². The van der Waals surface area contributed by atoms with Crippen molar-refractivity contribution in [1.29, 1.82) is 0 Å². The molecule has 5 heteroatoms. The first-order chi connectivity index (χ1) is 11.7. The quantitative estimate of drug-likeness (QED) is 0.937. The largest absolute Gasteiger partial charge is 0.481 e. The van der Waals surface area contributed by atoms with Crippen molar-refractivity contribution in [3.05, 3.63) is 47.5 Å². The van der Waals surface area contributed by atoms with Gasteiger partial charge >= 0.3 is 0 Å². The molecular formula is C19H19NO4. The normalized spacial score (nSPS) is 15.7. The molecule has 4 rings (SSSR count). The van der Waals surface area contributed by atoms with Crippen LogP contribution in [-0.4, -0.2) is 18.8 Å². The van der Waals surface area contributed by atoms with Gasteiger partial charge in [0.05, 0.1) is 0 Å². The molecule has 1 atom stereocenters. The molecule has 24 heavy (non-hydrogen) atoms. The summed E-state index contributed by atoms with van der Waals surface area (Å²) in [6.07, 6.45) is 2.83. The first-order valence-corrected chi connectivity index (χ1v) is 8.18. The van der Waals surface area contributed by atoms with Crippen LogP contribution in [0.25, 0.3) is 0 Å². The number of ether oxygens (including phenoxy) is 3. The van der Waals surface area contributed by atoms with E-state index in [9.17, 15) is 4.79 Å². The number of aryl methyl sites for hydroxylation is 2. The fraction of sp³-hybridized carbons (Fsp3) is 0.316. The predicted octanol–water partition coefficient (Wildman–Crippen LogP) is 3.31. The van der Waals surface area contributed by atoms with E-state index in [1.807, 2.05) is 12.1 Å². The van der Waals surface area contributed by atoms with Crippen molar-refractivity contribution in [2.24, 2.45) is 0 Å². The minimum atomic E-state index is -0.588. The zero-order valence-corrected chi connectivity index (χ0v) is 13.5. The summed E-state index contributed by atoms with van der Waals surface area (Å²) < 4.78 is 16.4. The van der Waals surface area contributed by atoms with Gasteiger partial charge in [-0.05, 0) is 61.6 Å². The third-order valence-corrected chi connectivity index (χ3v) is 4.39. The average molecular weight is 325 g/mol. The summed E-state index contributed by atoms with van der Waals surface area (Å²) in [4.78, 5) is 12.3. The molecule has 0 spiro atoms. The fourth-order valence-electron chi connectivity index (χ4n) is 3.10. The van der Waals surface area contributed by atoms with Gasteiger partial charge < -0.3 is 19.5 Å². The summed E-state index contributed by atoms with van der Waals surface area (Å²) in [6, 6.07) is 11.4. The van der Waals surface area contributed by atoms with Crippen LogP contribution in [0.15, 0.2) is 36.4 Å². The van der Waals surface area contributed by atoms with Crippen LogP contribution >= 0.6 is 0 Å². The van der Waals surface area contributed by atoms with Gasteiger partial charge in [-0.15, -0.1) is 0 Å². The topological polar surface area (TPSA) is 56.8 Å². The van der Waals surface area contributed by atoms with Crippen molar-refractivity contribution in [3.8, 4) is 17.2 Å². The summed E-state index contributed by atoms with van der Waals surface area (Å²) >= 11 is 0. The Balaban J connectivity index is 1.41. The second-order valence-electron chi connectivity index (χ2n) is 6.10. The molecule has 0 radical (unpaired) electrons. The van der Waals surface area contributed by atoms with E-state index in [0.717, 1.165) is 18.6 Å². The Kier molecular flexibility index (Phi) is 3.76. The van der Waals surface area contributed by atoms with E-state index in [0.29, 0.717) is 17.2 Å². The Labute approximate surface area is 140 Å². The molecule has 5 nitrogen and oxygen atoms in total. The number of hydrogen-bond donors (Lipinski definition) is 1. The van der Waals surface area contributed by atoms with Gasteiger partial charge in [0.2, 0.25) is 6.79 Å². The number of carbonyl (C=O) groups is 1. The second-order valence-corrected chi connectivity index (χ2v) is 6.10. The number of benzene rings is 2. The number of carbonyl (C=O) groups excluding carboxylic acids is 1. The van der Waals surface area contributed by atoms with E-state index in [1.165, 1.54) is 17.5 Å². The maximum atomic E-state index is 12.3. The number of anilines is 1. The third kappa shape index (κ3) is 2.89. The summed E-state index contributed by atoms with van der Waals surface area (Å²) in [7, 11) is 0. The van der Waals surface area contributed by atoms with Gasteiger partial charge in [-0.25, -0.2) is 0 Å². The molecule has 0 fully saturated rings. The minimum absolute atomic E-state index is 0.200. The van der Waals surface area contributed by atoms with E-state index in [2.05, 4.69) is 11.4 Å². The summed E-state index contributed by atoms with van der Waals surface area (Å²) in [6.45, 7) is 1.96. The van der Waals surface area contributed by atoms with Crippen molar-refractivity contribution in [3.63, 3.8) is 0 Å². The molecule has 1 amide bonds. The van der Waals surface area contributed by atoms with Crippen LogP contribution in [0, 0.1) is 0 Å². The second kappa shape index (κ2) is 6.07. The first kappa shape index (κ1) is 14.9. The molecule has 124 valence electrons. The zero-order valence-electron chi connectivity index (χ0n) is 13.5. The number of rotatable bonds is 4. The molecule has 1 heterocycles. The minimum Gasteiger partial charge on any atom is -0.481 e. The van der Waals surface area contributed by atoms with E-state index in [4.69, 9.17) is 14.2 Å². The summed E-state index contributed by atoms with van der Waals surface area (Å²) in [5.41, 5.74) is 3.38. The SMILES string of the molecule is C[C@H](Oc1ccc2c(c1)CCC2)C(=O)Nc1ccc2c(c1)OCO2. The Bertz CT molecular complexity index is 787. The molecule has 0 bridgehead atoms. The molecule has 0 aromatic heterocycles. The lowest BCUT2D eigenvalue weighted by molar-refractivity contribution is -0.122. The van der Waals surface area contributed by atoms with Crippen LogP contribution in [0.5, 0.6) is 17.2 Å². The van der Waals surface area contributed by atoms with Gasteiger partial charge in [-0.2, -0.15) is 0 Å². The lowest BCUT2D eigenvalue weighted by Gasteiger charge is -2.15. The fourth-order valence-corrected chi connectivity index (χ4v) is 3.10. The molecule has 0 saturated carbocycles. The first-order valence-electron chi connectivity index (χ1n) is 8.18. The predicted molar refractivity (Wildman–Crippen MR) is 89.8 cm³/mol. The van der Waals surface area contributed by atoms with Crippen LogP contribution in [0.1, 0.15) is 24.5 Å². The van der Waals surface area contributed by atoms with Gasteiger partial charge in [-0.3, -0.25) is 4.79 Å². The molecule has 2 aliphatic rings. The Hall–Kier alpha value is -2.69. The Morgan fingerprint density at radius 1 is 1.08 bits per heavy atom. The summed E-state index contributed by atoms with van der Waals surface area (Å²) in [5, 5.41) is 2.84. The zero-order chi connectivity index (χ0) is 16.5. The number of fused-ring (bicyclic) bond motifs is 2. The van der Waals surface area contributed by atoms with Crippen LogP contribution in [0.4, 0.5) is 5.69 Å². The van der Waals surface area contributed by atoms with E-state index < -0.39 is 6.10 Å². The molecular weight excluding hydrogens is 306 g/mol. The summed E-state index contributed by atoms with van der Waals surface area (Å²) in [5.74, 6) is 1.87. The molecule has 2 aromatic carbocycles. The van der Waals surface area contributed by atoms with E-state index >= 15 is 0 Å². The van der Waals surface area contributed by atoms with Crippen molar-refractivity contribution in [2.75, 3.05) is 12.1 Å². The highest BCUT2D eigenvalue weighted by Crippen LogP contribution is 2.34. The highest BCUT2D eigenvalue weighted by atomic mass is 16.7. The number of amides is 1. The molecule has 1 N–H and O–H groups in total. The molecule has 1 aliphatic carbocycles. The van der Waals surface area contributed by atoms with Crippen molar-refractivity contribution in [1.82, 2.24) is 0 Å². The molecule has 0 unspecified atom stereocenters. The van der Waals surface area contributed by atoms with Crippen LogP contribution < -0.4 is 19.5 Å². The van der Waals surface area contributed by atoms with Crippen molar-refractivity contribution >= 4 is 11.6 Å². The maximum absolute atomic E-state index is 12.3. The van der Waals surface area contributed by atoms with Crippen molar-refractivity contribution < 1.29 is 19.0 Å². The smallest absolute Gasteiger partial charge is 0.265 e. The maximum Gasteiger partial charge on any atom is 0.265 e. The van der Waals surface area contributed by atoms with Gasteiger partial charge in [-0.1, -0.05) is 6.07 Å². The van der Waals surface area contributed by atoms with Gasteiger partial charge in [0.1, 0.15) is 5.75 Å². The lowest BCUT2D eigenvalue weighted by atomic mass is 10.1. The third-order valence-electron chi connectivity index (χ3n) is 4.39. The van der Waals surface area contributed by atoms with Gasteiger partial charge in [0, 0.05) is 11.8 Å². The van der Waals surface area contributed by atoms with Gasteiger partial charge in [0.25, 0.3) is 5.91 Å². The van der Waals surface area contributed by atoms with Crippen LogP contribution in [-0.2, 0) is 17.6 Å². The monoisotopic (exact) mass is 325 g/mol. The molecule has 0 saturated heterocycles. The number of nitrogens with one attached hydrogen (secondary N) is 1. The van der Waals surface area contributed by atoms with Crippen LogP contribution in [0.2, 0.25) is 0 Å². The lowest BCUT2D eigenvalue weighted by Crippen LogP contribution is -2.30. The van der Waals surface area contributed by atoms with E-state index in [1.54, 1.807) is 25.1 Å². The molecule has 2 aromatic rings. The van der Waals surface area contributed by atoms with Crippen molar-refractivity contribution in [2.45, 2.75) is 32.3 Å². The number of hydrogen-bond acceptors (Lipinski definition) is 4. The molecule has 1 aliphatic heterocycles. The van der Waals surface area contributed by atoms with Crippen LogP contribution in [0.3, 0.4) is 0 Å². The standard InChI is InChI=1S/C19H19NO4/c1-12(24-16-7-5-13-3-2-4-14(13)9-16)19(21)20-15-6-8-17-18(10-15)23-11-22-17/h5-10,12H,2-4,11H2,1H3,(H,20,21)/t12-/m0/s1. The highest BCUT2D eigenvalue weighted by molar-refractivity contribution is 5.94. The average Bonchev–Trinajstić information content (AvgIpc) is 3.22.